The summed E-state index contributed by atoms with van der Waals surface area (Å²) in [4.78, 5) is 2.09. The summed E-state index contributed by atoms with van der Waals surface area (Å²) >= 11 is 0. The Morgan fingerprint density at radius 2 is 1.80 bits per heavy atom. The molecule has 0 spiro atoms. The van der Waals surface area contributed by atoms with Crippen LogP contribution in [0.4, 0.5) is 5.69 Å². The molecule has 1 aromatic rings. The molecule has 0 bridgehead atoms. The van der Waals surface area contributed by atoms with Crippen LogP contribution < -0.4 is 10.6 Å². The zero-order valence-electron chi connectivity index (χ0n) is 9.57. The van der Waals surface area contributed by atoms with E-state index in [-0.39, 0.29) is 0 Å². The van der Waals surface area contributed by atoms with Crippen molar-refractivity contribution in [2.24, 2.45) is 5.73 Å². The van der Waals surface area contributed by atoms with Gasteiger partial charge in [-0.05, 0) is 24.1 Å². The van der Waals surface area contributed by atoms with Crippen molar-refractivity contribution in [1.82, 2.24) is 0 Å². The number of benzene rings is 1. The number of ether oxygens (including phenoxy) is 1. The highest BCUT2D eigenvalue weighted by atomic mass is 16.5. The molecular weight excluding hydrogens is 188 g/mol. The average Bonchev–Trinajstić information content (AvgIpc) is 2.25. The fourth-order valence-electron chi connectivity index (χ4n) is 1.34. The molecule has 0 unspecified atom stereocenters. The van der Waals surface area contributed by atoms with Crippen molar-refractivity contribution in [3.05, 3.63) is 29.8 Å². The highest BCUT2D eigenvalue weighted by molar-refractivity contribution is 5.45. The predicted octanol–water partition coefficient (Wildman–Crippen LogP) is 1.27. The summed E-state index contributed by atoms with van der Waals surface area (Å²) in [5, 5.41) is 0. The molecule has 0 saturated heterocycles. The maximum atomic E-state index is 5.33. The van der Waals surface area contributed by atoms with E-state index in [4.69, 9.17) is 10.5 Å². The summed E-state index contributed by atoms with van der Waals surface area (Å²) in [5.41, 5.74) is 7.86. The van der Waals surface area contributed by atoms with Gasteiger partial charge in [-0.3, -0.25) is 0 Å². The first-order valence-electron chi connectivity index (χ1n) is 5.28. The van der Waals surface area contributed by atoms with Gasteiger partial charge in [0, 0.05) is 26.3 Å². The molecule has 15 heavy (non-hydrogen) atoms. The third-order valence-electron chi connectivity index (χ3n) is 2.25. The van der Waals surface area contributed by atoms with Crippen LogP contribution in [0.2, 0.25) is 0 Å². The lowest BCUT2D eigenvalue weighted by Gasteiger charge is -2.12. The Morgan fingerprint density at radius 3 is 2.33 bits per heavy atom. The van der Waals surface area contributed by atoms with Crippen LogP contribution in [0.1, 0.15) is 5.56 Å². The Balaban J connectivity index is 2.36. The van der Waals surface area contributed by atoms with E-state index >= 15 is 0 Å². The van der Waals surface area contributed by atoms with Gasteiger partial charge >= 0.3 is 0 Å². The topological polar surface area (TPSA) is 38.5 Å². The molecule has 0 aliphatic heterocycles. The summed E-state index contributed by atoms with van der Waals surface area (Å²) in [5.74, 6) is 0. The van der Waals surface area contributed by atoms with Crippen molar-refractivity contribution in [3.8, 4) is 0 Å². The number of hydrogen-bond donors (Lipinski definition) is 1. The second kappa shape index (κ2) is 6.43. The maximum absolute atomic E-state index is 5.33. The molecule has 0 atom stereocenters. The second-order valence-corrected chi connectivity index (χ2v) is 3.71. The Morgan fingerprint density at radius 1 is 1.13 bits per heavy atom. The maximum Gasteiger partial charge on any atom is 0.0588 e. The van der Waals surface area contributed by atoms with Gasteiger partial charge in [-0.1, -0.05) is 12.1 Å². The average molecular weight is 208 g/mol. The Kier molecular flexibility index (Phi) is 5.15. The summed E-state index contributed by atoms with van der Waals surface area (Å²) in [6.07, 6.45) is 0.952. The van der Waals surface area contributed by atoms with Crippen molar-refractivity contribution in [3.63, 3.8) is 0 Å². The third-order valence-corrected chi connectivity index (χ3v) is 2.25. The van der Waals surface area contributed by atoms with Gasteiger partial charge in [0.2, 0.25) is 0 Å². The molecule has 0 fully saturated rings. The first-order valence-corrected chi connectivity index (χ1v) is 5.28. The molecule has 0 aliphatic rings. The second-order valence-electron chi connectivity index (χ2n) is 3.71. The van der Waals surface area contributed by atoms with Crippen molar-refractivity contribution in [1.29, 1.82) is 0 Å². The molecule has 0 amide bonds. The Labute approximate surface area is 91.8 Å². The molecule has 0 heterocycles. The summed E-state index contributed by atoms with van der Waals surface area (Å²) in [6, 6.07) is 8.53. The molecule has 0 aromatic heterocycles. The molecule has 1 aromatic carbocycles. The van der Waals surface area contributed by atoms with E-state index in [0.717, 1.165) is 13.0 Å². The van der Waals surface area contributed by atoms with Crippen LogP contribution >= 0.6 is 0 Å². The number of nitrogens with two attached hydrogens (primary N) is 1. The third kappa shape index (κ3) is 4.32. The van der Waals surface area contributed by atoms with E-state index in [2.05, 4.69) is 29.2 Å². The van der Waals surface area contributed by atoms with E-state index in [9.17, 15) is 0 Å². The molecule has 3 heteroatoms. The van der Waals surface area contributed by atoms with E-state index < -0.39 is 0 Å². The monoisotopic (exact) mass is 208 g/mol. The molecule has 0 aliphatic carbocycles. The molecule has 0 saturated carbocycles. The molecular formula is C12H20N2O. The minimum absolute atomic E-state index is 0.597. The smallest absolute Gasteiger partial charge is 0.0588 e. The summed E-state index contributed by atoms with van der Waals surface area (Å²) in [6.45, 7) is 1.99. The molecule has 84 valence electrons. The highest BCUT2D eigenvalue weighted by Gasteiger charge is 1.96. The van der Waals surface area contributed by atoms with Crippen LogP contribution in [-0.2, 0) is 11.2 Å². The van der Waals surface area contributed by atoms with Gasteiger partial charge < -0.3 is 15.4 Å². The van der Waals surface area contributed by atoms with Gasteiger partial charge in [0.25, 0.3) is 0 Å². The highest BCUT2D eigenvalue weighted by Crippen LogP contribution is 2.12. The summed E-state index contributed by atoms with van der Waals surface area (Å²) in [7, 11) is 4.08. The van der Waals surface area contributed by atoms with Crippen molar-refractivity contribution < 1.29 is 4.74 Å². The predicted molar refractivity (Wildman–Crippen MR) is 64.3 cm³/mol. The van der Waals surface area contributed by atoms with Crippen LogP contribution in [-0.4, -0.2) is 33.9 Å². The lowest BCUT2D eigenvalue weighted by molar-refractivity contribution is 0.145. The number of rotatable bonds is 6. The fourth-order valence-corrected chi connectivity index (χ4v) is 1.34. The van der Waals surface area contributed by atoms with E-state index in [0.29, 0.717) is 13.2 Å². The SMILES string of the molecule is CN(C)c1ccc(CCOCCN)cc1. The Hall–Kier alpha value is -1.06. The number of anilines is 1. The lowest BCUT2D eigenvalue weighted by atomic mass is 10.1. The number of nitrogens with zero attached hydrogens (tertiary/aromatic N) is 1. The van der Waals surface area contributed by atoms with Gasteiger partial charge in [-0.2, -0.15) is 0 Å². The fraction of sp³-hybridized carbons (Fsp3) is 0.500. The van der Waals surface area contributed by atoms with Gasteiger partial charge in [-0.25, -0.2) is 0 Å². The zero-order chi connectivity index (χ0) is 11.1. The van der Waals surface area contributed by atoms with Gasteiger partial charge in [0.05, 0.1) is 13.2 Å². The van der Waals surface area contributed by atoms with Crippen LogP contribution in [0.3, 0.4) is 0 Å². The zero-order valence-corrected chi connectivity index (χ0v) is 9.57. The van der Waals surface area contributed by atoms with E-state index in [1.54, 1.807) is 0 Å². The van der Waals surface area contributed by atoms with Crippen LogP contribution in [0.5, 0.6) is 0 Å². The van der Waals surface area contributed by atoms with Gasteiger partial charge in [-0.15, -0.1) is 0 Å². The minimum Gasteiger partial charge on any atom is -0.380 e. The standard InChI is InChI=1S/C12H20N2O/c1-14(2)12-5-3-11(4-6-12)7-9-15-10-8-13/h3-6H,7-10,13H2,1-2H3. The van der Waals surface area contributed by atoms with E-state index in [1.165, 1.54) is 11.3 Å². The van der Waals surface area contributed by atoms with Crippen LogP contribution in [0.25, 0.3) is 0 Å². The van der Waals surface area contributed by atoms with Crippen molar-refractivity contribution >= 4 is 5.69 Å². The summed E-state index contributed by atoms with van der Waals surface area (Å²) < 4.78 is 5.33. The van der Waals surface area contributed by atoms with Crippen molar-refractivity contribution in [2.45, 2.75) is 6.42 Å². The quantitative estimate of drug-likeness (QED) is 0.715. The first kappa shape index (κ1) is 12.0. The molecule has 0 radical (unpaired) electrons. The van der Waals surface area contributed by atoms with Crippen molar-refractivity contribution in [2.75, 3.05) is 38.8 Å². The lowest BCUT2D eigenvalue weighted by Crippen LogP contribution is -2.10. The molecule has 3 nitrogen and oxygen atoms in total. The minimum atomic E-state index is 0.597. The normalized spacial score (nSPS) is 10.3. The van der Waals surface area contributed by atoms with Gasteiger partial charge in [0.15, 0.2) is 0 Å². The Bertz CT molecular complexity index is 269. The van der Waals surface area contributed by atoms with E-state index in [1.807, 2.05) is 14.1 Å². The largest absolute Gasteiger partial charge is 0.380 e. The molecule has 1 rings (SSSR count). The van der Waals surface area contributed by atoms with Crippen LogP contribution in [0.15, 0.2) is 24.3 Å². The van der Waals surface area contributed by atoms with Crippen LogP contribution in [0, 0.1) is 0 Å². The first-order chi connectivity index (χ1) is 7.24. The molecule has 2 N–H and O–H groups in total. The van der Waals surface area contributed by atoms with Gasteiger partial charge in [0.1, 0.15) is 0 Å². The number of hydrogen-bond acceptors (Lipinski definition) is 3.